The number of aryl methyl sites for hydroxylation is 3. The topological polar surface area (TPSA) is 61.9 Å². The number of hydrogen-bond donors (Lipinski definition) is 2. The fraction of sp³-hybridized carbons (Fsp3) is 0.192. The van der Waals surface area contributed by atoms with Crippen LogP contribution in [0, 0.1) is 13.8 Å². The van der Waals surface area contributed by atoms with Gasteiger partial charge in [0, 0.05) is 11.1 Å². The molecule has 1 heterocycles. The number of azo groups is 1. The van der Waals surface area contributed by atoms with E-state index in [1.54, 1.807) is 0 Å². The molecule has 0 unspecified atom stereocenters. The van der Waals surface area contributed by atoms with Gasteiger partial charge in [-0.15, -0.1) is 10.2 Å². The number of thiocarbonyl (C=S) groups is 1. The predicted molar refractivity (Wildman–Crippen MR) is 135 cm³/mol. The number of aromatic hydroxyl groups is 1. The Hall–Kier alpha value is -3.51. The first-order chi connectivity index (χ1) is 15.5. The molecule has 5 nitrogen and oxygen atoms in total. The van der Waals surface area contributed by atoms with E-state index in [-0.39, 0.29) is 11.0 Å². The van der Waals surface area contributed by atoms with Gasteiger partial charge in [0.2, 0.25) is 11.0 Å². The summed E-state index contributed by atoms with van der Waals surface area (Å²) in [5.41, 5.74) is 6.83. The molecule has 0 fully saturated rings. The van der Waals surface area contributed by atoms with Gasteiger partial charge >= 0.3 is 0 Å². The first kappa shape index (κ1) is 21.7. The molecule has 4 rings (SSSR count). The number of rotatable bonds is 5. The van der Waals surface area contributed by atoms with Crippen LogP contribution in [0.25, 0.3) is 10.9 Å². The van der Waals surface area contributed by atoms with Crippen LogP contribution in [-0.2, 0) is 13.0 Å². The minimum Gasteiger partial charge on any atom is -0.493 e. The van der Waals surface area contributed by atoms with E-state index >= 15 is 0 Å². The maximum Gasteiger partial charge on any atom is 0.221 e. The van der Waals surface area contributed by atoms with Crippen molar-refractivity contribution < 1.29 is 5.11 Å². The highest BCUT2D eigenvalue weighted by Gasteiger charge is 2.17. The largest absolute Gasteiger partial charge is 0.493 e. The molecule has 0 aliphatic heterocycles. The van der Waals surface area contributed by atoms with Crippen molar-refractivity contribution in [2.45, 2.75) is 33.7 Å². The SMILES string of the molecule is CCc1cccc(C)c1NC(=S)N=Nc1c(O)n(Cc2ccc(C)cc2)c2ccccc12. The Labute approximate surface area is 193 Å². The third-order valence-corrected chi connectivity index (χ3v) is 5.78. The van der Waals surface area contributed by atoms with Gasteiger partial charge in [-0.05, 0) is 55.2 Å². The zero-order valence-electron chi connectivity index (χ0n) is 18.5. The van der Waals surface area contributed by atoms with Crippen LogP contribution < -0.4 is 5.32 Å². The third-order valence-electron chi connectivity index (χ3n) is 5.59. The van der Waals surface area contributed by atoms with Gasteiger partial charge in [-0.25, -0.2) is 0 Å². The monoisotopic (exact) mass is 442 g/mol. The number of anilines is 1. The van der Waals surface area contributed by atoms with Gasteiger partial charge in [0.15, 0.2) is 5.69 Å². The van der Waals surface area contributed by atoms with Gasteiger partial charge in [0.1, 0.15) is 0 Å². The summed E-state index contributed by atoms with van der Waals surface area (Å²) in [4.78, 5) is 0. The number of nitrogens with one attached hydrogen (secondary N) is 1. The summed E-state index contributed by atoms with van der Waals surface area (Å²) in [5.74, 6) is 0.0727. The Morgan fingerprint density at radius 2 is 1.75 bits per heavy atom. The van der Waals surface area contributed by atoms with Gasteiger partial charge in [-0.3, -0.25) is 0 Å². The number of benzene rings is 3. The Morgan fingerprint density at radius 3 is 2.50 bits per heavy atom. The Balaban J connectivity index is 1.65. The first-order valence-corrected chi connectivity index (χ1v) is 11.1. The maximum absolute atomic E-state index is 11.0. The van der Waals surface area contributed by atoms with Crippen molar-refractivity contribution in [1.29, 1.82) is 0 Å². The summed E-state index contributed by atoms with van der Waals surface area (Å²) in [6, 6.07) is 22.2. The molecule has 32 heavy (non-hydrogen) atoms. The maximum atomic E-state index is 11.0. The van der Waals surface area contributed by atoms with Gasteiger partial charge in [0.25, 0.3) is 0 Å². The first-order valence-electron chi connectivity index (χ1n) is 10.6. The lowest BCUT2D eigenvalue weighted by Gasteiger charge is -2.12. The van der Waals surface area contributed by atoms with E-state index < -0.39 is 0 Å². The van der Waals surface area contributed by atoms with Crippen molar-refractivity contribution in [3.05, 3.63) is 89.0 Å². The van der Waals surface area contributed by atoms with Gasteiger partial charge in [-0.1, -0.05) is 73.2 Å². The Kier molecular flexibility index (Phi) is 6.32. The molecule has 0 bridgehead atoms. The molecular weight excluding hydrogens is 416 g/mol. The van der Waals surface area contributed by atoms with Crippen LogP contribution in [0.2, 0.25) is 0 Å². The lowest BCUT2D eigenvalue weighted by molar-refractivity contribution is 0.429. The molecule has 6 heteroatoms. The van der Waals surface area contributed by atoms with E-state index in [0.29, 0.717) is 12.2 Å². The second-order valence-electron chi connectivity index (χ2n) is 7.85. The minimum atomic E-state index is 0.0727. The van der Waals surface area contributed by atoms with E-state index in [1.807, 2.05) is 47.9 Å². The summed E-state index contributed by atoms with van der Waals surface area (Å²) in [6.45, 7) is 6.73. The second kappa shape index (κ2) is 9.32. The van der Waals surface area contributed by atoms with Crippen LogP contribution in [0.1, 0.15) is 29.2 Å². The average Bonchev–Trinajstić information content (AvgIpc) is 3.06. The summed E-state index contributed by atoms with van der Waals surface area (Å²) in [5, 5.41) is 23.8. The normalized spacial score (nSPS) is 11.3. The Morgan fingerprint density at radius 1 is 1.00 bits per heavy atom. The molecule has 3 aromatic carbocycles. The van der Waals surface area contributed by atoms with Crippen molar-refractivity contribution in [1.82, 2.24) is 4.57 Å². The van der Waals surface area contributed by atoms with E-state index in [2.05, 4.69) is 59.7 Å². The van der Waals surface area contributed by atoms with Crippen molar-refractivity contribution in [3.63, 3.8) is 0 Å². The van der Waals surface area contributed by atoms with Gasteiger partial charge in [-0.2, -0.15) is 0 Å². The fourth-order valence-corrected chi connectivity index (χ4v) is 3.98. The van der Waals surface area contributed by atoms with E-state index in [9.17, 15) is 5.11 Å². The molecule has 0 atom stereocenters. The van der Waals surface area contributed by atoms with Crippen LogP contribution in [0.5, 0.6) is 5.88 Å². The Bertz CT molecular complexity index is 1310. The van der Waals surface area contributed by atoms with Crippen LogP contribution in [0.15, 0.2) is 77.0 Å². The van der Waals surface area contributed by atoms with Crippen molar-refractivity contribution in [3.8, 4) is 5.88 Å². The molecule has 0 saturated carbocycles. The van der Waals surface area contributed by atoms with E-state index in [4.69, 9.17) is 12.2 Å². The van der Waals surface area contributed by atoms with Crippen LogP contribution in [-0.4, -0.2) is 14.8 Å². The number of hydrogen-bond acceptors (Lipinski definition) is 3. The van der Waals surface area contributed by atoms with E-state index in [0.717, 1.165) is 34.1 Å². The van der Waals surface area contributed by atoms with Gasteiger partial charge < -0.3 is 15.0 Å². The highest BCUT2D eigenvalue weighted by molar-refractivity contribution is 7.80. The van der Waals surface area contributed by atoms with Crippen LogP contribution >= 0.6 is 12.2 Å². The highest BCUT2D eigenvalue weighted by Crippen LogP contribution is 2.39. The molecule has 0 radical (unpaired) electrons. The van der Waals surface area contributed by atoms with Crippen molar-refractivity contribution in [2.24, 2.45) is 10.2 Å². The van der Waals surface area contributed by atoms with Crippen LogP contribution in [0.3, 0.4) is 0 Å². The fourth-order valence-electron chi connectivity index (χ4n) is 3.84. The molecule has 4 aromatic rings. The second-order valence-corrected chi connectivity index (χ2v) is 8.24. The molecule has 1 aromatic heterocycles. The van der Waals surface area contributed by atoms with Crippen molar-refractivity contribution >= 4 is 39.6 Å². The predicted octanol–water partition coefficient (Wildman–Crippen LogP) is 7.06. The summed E-state index contributed by atoms with van der Waals surface area (Å²) >= 11 is 5.43. The molecule has 2 N–H and O–H groups in total. The molecule has 0 saturated heterocycles. The summed E-state index contributed by atoms with van der Waals surface area (Å²) in [6.07, 6.45) is 0.886. The quantitative estimate of drug-likeness (QED) is 0.257. The van der Waals surface area contributed by atoms with Crippen molar-refractivity contribution in [2.75, 3.05) is 5.32 Å². The standard InChI is InChI=1S/C26H26N4OS/c1-4-20-9-7-8-18(3)23(20)27-26(32)29-28-24-21-10-5-6-11-22(21)30(25(24)31)16-19-14-12-17(2)13-15-19/h5-15,31H,4,16H2,1-3H3,(H,27,32). The smallest absolute Gasteiger partial charge is 0.221 e. The zero-order valence-corrected chi connectivity index (χ0v) is 19.3. The minimum absolute atomic E-state index is 0.0727. The lowest BCUT2D eigenvalue weighted by atomic mass is 10.1. The highest BCUT2D eigenvalue weighted by atomic mass is 32.1. The van der Waals surface area contributed by atoms with E-state index in [1.165, 1.54) is 11.1 Å². The molecule has 0 spiro atoms. The number of aromatic nitrogens is 1. The third kappa shape index (κ3) is 4.41. The molecular formula is C26H26N4OS. The zero-order chi connectivity index (χ0) is 22.7. The molecule has 0 aliphatic rings. The molecule has 0 aliphatic carbocycles. The number of fused-ring (bicyclic) bond motifs is 1. The summed E-state index contributed by atoms with van der Waals surface area (Å²) < 4.78 is 1.85. The van der Waals surface area contributed by atoms with Gasteiger partial charge in [0.05, 0.1) is 12.1 Å². The number of nitrogens with zero attached hydrogens (tertiary/aromatic N) is 3. The lowest BCUT2D eigenvalue weighted by Crippen LogP contribution is -2.08. The summed E-state index contributed by atoms with van der Waals surface area (Å²) in [7, 11) is 0. The molecule has 0 amide bonds. The molecule has 162 valence electrons. The van der Waals surface area contributed by atoms with Crippen LogP contribution in [0.4, 0.5) is 11.4 Å². The number of para-hydroxylation sites is 2. The average molecular weight is 443 g/mol.